The number of nitrogens with zero attached hydrogens (tertiary/aromatic N) is 1. The molecule has 114 valence electrons. The average Bonchev–Trinajstić information content (AvgIpc) is 3.24. The first-order chi connectivity index (χ1) is 10.7. The molecule has 1 aromatic carbocycles. The van der Waals surface area contributed by atoms with E-state index in [-0.39, 0.29) is 12.1 Å². The summed E-state index contributed by atoms with van der Waals surface area (Å²) in [5.74, 6) is 0. The van der Waals surface area contributed by atoms with Crippen molar-refractivity contribution in [2.24, 2.45) is 0 Å². The van der Waals surface area contributed by atoms with Crippen molar-refractivity contribution in [3.05, 3.63) is 47.7 Å². The van der Waals surface area contributed by atoms with E-state index in [1.165, 1.54) is 6.42 Å². The molecule has 0 spiro atoms. The standard InChI is InChI=1S/C17H18ClN3O/c18-13-3-1-11(2-4-13)12-7-8-21(10-12)17(22)20-16-9-14-5-6-15(16)19-14/h1-4,7-8,10,14-16,19H,5-6,9H2,(H,20,22)/t14-,15+,16-/m1/s1. The number of carbonyl (C=O) groups is 1. The molecule has 2 fully saturated rings. The summed E-state index contributed by atoms with van der Waals surface area (Å²) in [6, 6.07) is 10.8. The molecule has 1 amide bonds. The fourth-order valence-corrected chi connectivity index (χ4v) is 3.68. The van der Waals surface area contributed by atoms with Crippen LogP contribution in [-0.2, 0) is 0 Å². The van der Waals surface area contributed by atoms with Gasteiger partial charge in [0.2, 0.25) is 0 Å². The SMILES string of the molecule is O=C(N[C@@H]1C[C@H]2CC[C@@H]1N2)n1ccc(-c2ccc(Cl)cc2)c1. The van der Waals surface area contributed by atoms with Crippen LogP contribution in [0, 0.1) is 0 Å². The van der Waals surface area contributed by atoms with E-state index in [1.807, 2.05) is 36.5 Å². The molecular formula is C17H18ClN3O. The molecule has 2 bridgehead atoms. The minimum atomic E-state index is -0.0560. The Morgan fingerprint density at radius 2 is 2.00 bits per heavy atom. The van der Waals surface area contributed by atoms with Gasteiger partial charge in [-0.15, -0.1) is 0 Å². The third kappa shape index (κ3) is 2.53. The molecule has 22 heavy (non-hydrogen) atoms. The fraction of sp³-hybridized carbons (Fsp3) is 0.353. The Morgan fingerprint density at radius 3 is 2.68 bits per heavy atom. The minimum Gasteiger partial charge on any atom is -0.333 e. The van der Waals surface area contributed by atoms with Crippen LogP contribution in [0.1, 0.15) is 19.3 Å². The van der Waals surface area contributed by atoms with Gasteiger partial charge < -0.3 is 10.6 Å². The first-order valence-corrected chi connectivity index (χ1v) is 8.08. The summed E-state index contributed by atoms with van der Waals surface area (Å²) in [6.07, 6.45) is 7.11. The van der Waals surface area contributed by atoms with Crippen LogP contribution in [0.25, 0.3) is 11.1 Å². The van der Waals surface area contributed by atoms with Crippen molar-refractivity contribution in [1.82, 2.24) is 15.2 Å². The summed E-state index contributed by atoms with van der Waals surface area (Å²) in [5.41, 5.74) is 2.07. The molecule has 2 aliphatic rings. The Hall–Kier alpha value is -1.78. The van der Waals surface area contributed by atoms with Crippen molar-refractivity contribution >= 4 is 17.6 Å². The van der Waals surface area contributed by atoms with E-state index in [4.69, 9.17) is 11.6 Å². The van der Waals surface area contributed by atoms with Crippen molar-refractivity contribution in [2.75, 3.05) is 0 Å². The van der Waals surface area contributed by atoms with Gasteiger partial charge in [0.15, 0.2) is 0 Å². The molecule has 2 aliphatic heterocycles. The second-order valence-electron chi connectivity index (χ2n) is 6.15. The van der Waals surface area contributed by atoms with Crippen molar-refractivity contribution in [2.45, 2.75) is 37.4 Å². The van der Waals surface area contributed by atoms with E-state index in [1.54, 1.807) is 10.8 Å². The molecule has 4 nitrogen and oxygen atoms in total. The van der Waals surface area contributed by atoms with Crippen LogP contribution in [0.15, 0.2) is 42.7 Å². The highest BCUT2D eigenvalue weighted by Crippen LogP contribution is 2.28. The topological polar surface area (TPSA) is 46.1 Å². The second kappa shape index (κ2) is 5.45. The number of hydrogen-bond acceptors (Lipinski definition) is 2. The van der Waals surface area contributed by atoms with Crippen molar-refractivity contribution < 1.29 is 4.79 Å². The second-order valence-corrected chi connectivity index (χ2v) is 6.59. The van der Waals surface area contributed by atoms with E-state index in [9.17, 15) is 4.79 Å². The van der Waals surface area contributed by atoms with Gasteiger partial charge in [-0.2, -0.15) is 0 Å². The molecule has 0 aliphatic carbocycles. The quantitative estimate of drug-likeness (QED) is 0.893. The largest absolute Gasteiger partial charge is 0.333 e. The maximum atomic E-state index is 12.4. The highest BCUT2D eigenvalue weighted by Gasteiger charge is 2.39. The smallest absolute Gasteiger partial charge is 0.325 e. The zero-order valence-electron chi connectivity index (χ0n) is 12.1. The Morgan fingerprint density at radius 1 is 1.18 bits per heavy atom. The Kier molecular flexibility index (Phi) is 3.43. The minimum absolute atomic E-state index is 0.0560. The first kappa shape index (κ1) is 13.9. The van der Waals surface area contributed by atoms with Gasteiger partial charge in [0.05, 0.1) is 0 Å². The Balaban J connectivity index is 1.46. The molecular weight excluding hydrogens is 298 g/mol. The Bertz CT molecular complexity index is 694. The Labute approximate surface area is 134 Å². The maximum Gasteiger partial charge on any atom is 0.325 e. The summed E-state index contributed by atoms with van der Waals surface area (Å²) < 4.78 is 1.62. The van der Waals surface area contributed by atoms with E-state index in [0.717, 1.165) is 24.0 Å². The number of nitrogens with one attached hydrogen (secondary N) is 2. The molecule has 1 aromatic heterocycles. The van der Waals surface area contributed by atoms with Crippen LogP contribution < -0.4 is 10.6 Å². The van der Waals surface area contributed by atoms with Crippen LogP contribution in [0.5, 0.6) is 0 Å². The third-order valence-electron chi connectivity index (χ3n) is 4.71. The van der Waals surface area contributed by atoms with Gasteiger partial charge in [-0.3, -0.25) is 4.57 Å². The number of amides is 1. The highest BCUT2D eigenvalue weighted by atomic mass is 35.5. The third-order valence-corrected chi connectivity index (χ3v) is 4.97. The van der Waals surface area contributed by atoms with Crippen LogP contribution in [-0.4, -0.2) is 28.7 Å². The molecule has 2 saturated heterocycles. The predicted molar refractivity (Wildman–Crippen MR) is 87.2 cm³/mol. The lowest BCUT2D eigenvalue weighted by atomic mass is 9.96. The number of carbonyl (C=O) groups excluding carboxylic acids is 1. The van der Waals surface area contributed by atoms with Gasteiger partial charge in [-0.05, 0) is 48.6 Å². The monoisotopic (exact) mass is 315 g/mol. The lowest BCUT2D eigenvalue weighted by Gasteiger charge is -2.21. The summed E-state index contributed by atoms with van der Waals surface area (Å²) in [5, 5.41) is 7.39. The number of halogens is 1. The summed E-state index contributed by atoms with van der Waals surface area (Å²) in [6.45, 7) is 0. The van der Waals surface area contributed by atoms with Crippen molar-refractivity contribution in [3.63, 3.8) is 0 Å². The van der Waals surface area contributed by atoms with Crippen LogP contribution in [0.2, 0.25) is 5.02 Å². The zero-order chi connectivity index (χ0) is 15.1. The average molecular weight is 316 g/mol. The molecule has 4 rings (SSSR count). The van der Waals surface area contributed by atoms with Crippen LogP contribution in [0.3, 0.4) is 0 Å². The first-order valence-electron chi connectivity index (χ1n) is 7.70. The van der Waals surface area contributed by atoms with E-state index in [0.29, 0.717) is 17.1 Å². The maximum absolute atomic E-state index is 12.4. The number of rotatable bonds is 2. The number of benzene rings is 1. The van der Waals surface area contributed by atoms with Gasteiger partial charge in [0, 0.05) is 35.5 Å². The van der Waals surface area contributed by atoms with Crippen molar-refractivity contribution in [1.29, 1.82) is 0 Å². The molecule has 0 unspecified atom stereocenters. The summed E-state index contributed by atoms with van der Waals surface area (Å²) in [7, 11) is 0. The molecule has 0 radical (unpaired) electrons. The molecule has 0 saturated carbocycles. The lowest BCUT2D eigenvalue weighted by Crippen LogP contribution is -2.44. The molecule has 3 heterocycles. The molecule has 2 aromatic rings. The number of fused-ring (bicyclic) bond motifs is 2. The lowest BCUT2D eigenvalue weighted by molar-refractivity contribution is 0.236. The van der Waals surface area contributed by atoms with E-state index in [2.05, 4.69) is 10.6 Å². The van der Waals surface area contributed by atoms with Gasteiger partial charge in [-0.25, -0.2) is 4.79 Å². The number of hydrogen-bond donors (Lipinski definition) is 2. The predicted octanol–water partition coefficient (Wildman–Crippen LogP) is 3.26. The summed E-state index contributed by atoms with van der Waals surface area (Å²) in [4.78, 5) is 12.4. The normalized spacial score (nSPS) is 26.3. The highest BCUT2D eigenvalue weighted by molar-refractivity contribution is 6.30. The molecule has 5 heteroatoms. The van der Waals surface area contributed by atoms with E-state index < -0.39 is 0 Å². The van der Waals surface area contributed by atoms with E-state index >= 15 is 0 Å². The van der Waals surface area contributed by atoms with Crippen molar-refractivity contribution in [3.8, 4) is 11.1 Å². The van der Waals surface area contributed by atoms with Crippen LogP contribution in [0.4, 0.5) is 4.79 Å². The summed E-state index contributed by atoms with van der Waals surface area (Å²) >= 11 is 5.91. The molecule has 3 atom stereocenters. The molecule has 2 N–H and O–H groups in total. The fourth-order valence-electron chi connectivity index (χ4n) is 3.55. The zero-order valence-corrected chi connectivity index (χ0v) is 12.9. The number of aromatic nitrogens is 1. The van der Waals surface area contributed by atoms with Gasteiger partial charge in [0.1, 0.15) is 0 Å². The van der Waals surface area contributed by atoms with Gasteiger partial charge in [0.25, 0.3) is 0 Å². The van der Waals surface area contributed by atoms with Gasteiger partial charge in [-0.1, -0.05) is 23.7 Å². The van der Waals surface area contributed by atoms with Gasteiger partial charge >= 0.3 is 6.03 Å². The van der Waals surface area contributed by atoms with Crippen LogP contribution >= 0.6 is 11.6 Å².